The first-order chi connectivity index (χ1) is 15.0. The average Bonchev–Trinajstić information content (AvgIpc) is 2.99. The minimum absolute atomic E-state index is 0.00201. The van der Waals surface area contributed by atoms with Crippen molar-refractivity contribution in [1.29, 1.82) is 0 Å². The summed E-state index contributed by atoms with van der Waals surface area (Å²) < 4.78 is 19.1. The van der Waals surface area contributed by atoms with E-state index in [1.165, 1.54) is 31.4 Å². The summed E-state index contributed by atoms with van der Waals surface area (Å²) in [7, 11) is 0. The molecule has 1 saturated heterocycles. The SMILES string of the molecule is CC1OC(=O)C2(N)CC3CCCCC3C(/C=C/c3ccc(-c4cccc(F)c4)cn3)C12. The van der Waals surface area contributed by atoms with Crippen LogP contribution < -0.4 is 5.73 Å². The molecule has 2 aliphatic carbocycles. The van der Waals surface area contributed by atoms with Gasteiger partial charge in [-0.3, -0.25) is 9.78 Å². The molecule has 4 nitrogen and oxygen atoms in total. The molecule has 5 heteroatoms. The molecule has 2 aromatic rings. The molecule has 1 aromatic heterocycles. The standard InChI is InChI=1S/C26H29FN2O2/c1-16-24-23(22-8-3-2-5-18(22)14-26(24,28)25(30)31-16)12-11-21-10-9-19(15-29-21)17-6-4-7-20(27)13-17/h4,6-7,9-13,15-16,18,22-24H,2-3,5,8,14,28H2,1H3/b12-11+. The van der Waals surface area contributed by atoms with Gasteiger partial charge < -0.3 is 10.5 Å². The molecule has 0 amide bonds. The molecule has 0 radical (unpaired) electrons. The zero-order valence-corrected chi connectivity index (χ0v) is 17.8. The van der Waals surface area contributed by atoms with Gasteiger partial charge in [0.15, 0.2) is 0 Å². The molecule has 1 aliphatic heterocycles. The molecule has 2 saturated carbocycles. The fourth-order valence-corrected chi connectivity index (χ4v) is 6.29. The highest BCUT2D eigenvalue weighted by molar-refractivity contribution is 5.84. The van der Waals surface area contributed by atoms with Gasteiger partial charge in [-0.15, -0.1) is 0 Å². The van der Waals surface area contributed by atoms with Crippen molar-refractivity contribution in [3.8, 4) is 11.1 Å². The number of cyclic esters (lactones) is 1. The van der Waals surface area contributed by atoms with Gasteiger partial charge in [-0.2, -0.15) is 0 Å². The van der Waals surface area contributed by atoms with Crippen molar-refractivity contribution < 1.29 is 13.9 Å². The summed E-state index contributed by atoms with van der Waals surface area (Å²) in [6.45, 7) is 1.98. The lowest BCUT2D eigenvalue weighted by Crippen LogP contribution is -2.60. The van der Waals surface area contributed by atoms with Crippen LogP contribution >= 0.6 is 0 Å². The van der Waals surface area contributed by atoms with Crippen molar-refractivity contribution in [2.24, 2.45) is 29.4 Å². The molecule has 3 fully saturated rings. The number of aromatic nitrogens is 1. The zero-order chi connectivity index (χ0) is 21.6. The Hall–Kier alpha value is -2.53. The molecule has 2 heterocycles. The number of nitrogens with two attached hydrogens (primary N) is 1. The quantitative estimate of drug-likeness (QED) is 0.711. The van der Waals surface area contributed by atoms with Crippen molar-refractivity contribution in [1.82, 2.24) is 4.98 Å². The molecule has 6 atom stereocenters. The summed E-state index contributed by atoms with van der Waals surface area (Å²) in [5.74, 6) is 0.733. The summed E-state index contributed by atoms with van der Waals surface area (Å²) in [6.07, 6.45) is 11.4. The second kappa shape index (κ2) is 7.86. The number of rotatable bonds is 3. The third-order valence-corrected chi connectivity index (χ3v) is 7.68. The second-order valence-electron chi connectivity index (χ2n) is 9.51. The topological polar surface area (TPSA) is 65.2 Å². The van der Waals surface area contributed by atoms with E-state index >= 15 is 0 Å². The van der Waals surface area contributed by atoms with E-state index in [2.05, 4.69) is 11.1 Å². The van der Waals surface area contributed by atoms with Crippen LogP contribution in [0, 0.1) is 29.5 Å². The Labute approximate surface area is 182 Å². The Bertz CT molecular complexity index is 1000. The maximum absolute atomic E-state index is 13.5. The Morgan fingerprint density at radius 2 is 2.03 bits per heavy atom. The van der Waals surface area contributed by atoms with Crippen molar-refractivity contribution in [3.63, 3.8) is 0 Å². The van der Waals surface area contributed by atoms with Crippen LogP contribution in [-0.2, 0) is 9.53 Å². The Kier molecular flexibility index (Phi) is 5.17. The Balaban J connectivity index is 1.42. The second-order valence-corrected chi connectivity index (χ2v) is 9.51. The van der Waals surface area contributed by atoms with Crippen LogP contribution in [0.25, 0.3) is 17.2 Å². The van der Waals surface area contributed by atoms with Crippen LogP contribution in [0.15, 0.2) is 48.7 Å². The number of carbonyl (C=O) groups excluding carboxylic acids is 1. The molecule has 162 valence electrons. The predicted molar refractivity (Wildman–Crippen MR) is 118 cm³/mol. The Morgan fingerprint density at radius 1 is 1.19 bits per heavy atom. The molecule has 2 N–H and O–H groups in total. The van der Waals surface area contributed by atoms with Crippen molar-refractivity contribution in [3.05, 3.63) is 60.2 Å². The molecule has 0 bridgehead atoms. The first-order valence-corrected chi connectivity index (χ1v) is 11.4. The highest BCUT2D eigenvalue weighted by atomic mass is 19.1. The first kappa shape index (κ1) is 20.4. The van der Waals surface area contributed by atoms with E-state index in [1.54, 1.807) is 12.3 Å². The van der Waals surface area contributed by atoms with Gasteiger partial charge in [0.05, 0.1) is 5.69 Å². The number of allylic oxidation sites excluding steroid dienone is 1. The minimum atomic E-state index is -0.873. The van der Waals surface area contributed by atoms with Crippen molar-refractivity contribution in [2.45, 2.75) is 50.7 Å². The number of hydrogen-bond acceptors (Lipinski definition) is 4. The summed E-state index contributed by atoms with van der Waals surface area (Å²) in [4.78, 5) is 17.2. The normalized spacial score (nSPS) is 34.9. The van der Waals surface area contributed by atoms with E-state index in [9.17, 15) is 9.18 Å². The zero-order valence-electron chi connectivity index (χ0n) is 17.8. The lowest BCUT2D eigenvalue weighted by atomic mass is 9.55. The van der Waals surface area contributed by atoms with E-state index < -0.39 is 5.54 Å². The van der Waals surface area contributed by atoms with Gasteiger partial charge in [0, 0.05) is 17.7 Å². The summed E-state index contributed by atoms with van der Waals surface area (Å²) in [5, 5.41) is 0. The monoisotopic (exact) mass is 420 g/mol. The number of halogens is 1. The summed E-state index contributed by atoms with van der Waals surface area (Å²) >= 11 is 0. The van der Waals surface area contributed by atoms with Gasteiger partial charge in [0.2, 0.25) is 0 Å². The third kappa shape index (κ3) is 3.59. The molecule has 0 spiro atoms. The maximum Gasteiger partial charge on any atom is 0.326 e. The molecule has 5 rings (SSSR count). The number of hydrogen-bond donors (Lipinski definition) is 1. The van der Waals surface area contributed by atoms with Crippen molar-refractivity contribution in [2.75, 3.05) is 0 Å². The van der Waals surface area contributed by atoms with Crippen LogP contribution in [0.2, 0.25) is 0 Å². The number of carbonyl (C=O) groups is 1. The summed E-state index contributed by atoms with van der Waals surface area (Å²) in [5.41, 5.74) is 8.37. The fraction of sp³-hybridized carbons (Fsp3) is 0.462. The molecule has 1 aromatic carbocycles. The van der Waals surface area contributed by atoms with Gasteiger partial charge in [0.1, 0.15) is 17.5 Å². The van der Waals surface area contributed by atoms with E-state index in [1.807, 2.05) is 31.2 Å². The van der Waals surface area contributed by atoms with Crippen molar-refractivity contribution >= 4 is 12.0 Å². The van der Waals surface area contributed by atoms with E-state index in [0.29, 0.717) is 11.8 Å². The van der Waals surface area contributed by atoms with E-state index in [-0.39, 0.29) is 29.7 Å². The van der Waals surface area contributed by atoms with Gasteiger partial charge in [0.25, 0.3) is 0 Å². The average molecular weight is 421 g/mol. The lowest BCUT2D eigenvalue weighted by molar-refractivity contribution is -0.145. The molecule has 31 heavy (non-hydrogen) atoms. The lowest BCUT2D eigenvalue weighted by Gasteiger charge is -2.49. The fourth-order valence-electron chi connectivity index (χ4n) is 6.29. The molecular formula is C26H29FN2O2. The van der Waals surface area contributed by atoms with Gasteiger partial charge >= 0.3 is 5.97 Å². The molecular weight excluding hydrogens is 391 g/mol. The van der Waals surface area contributed by atoms with Crippen LogP contribution in [0.3, 0.4) is 0 Å². The highest BCUT2D eigenvalue weighted by Crippen LogP contribution is 2.54. The number of ether oxygens (including phenoxy) is 1. The highest BCUT2D eigenvalue weighted by Gasteiger charge is 2.61. The minimum Gasteiger partial charge on any atom is -0.461 e. The number of pyridine rings is 1. The first-order valence-electron chi connectivity index (χ1n) is 11.4. The Morgan fingerprint density at radius 3 is 2.81 bits per heavy atom. The number of benzene rings is 1. The van der Waals surface area contributed by atoms with Gasteiger partial charge in [-0.05, 0) is 67.4 Å². The third-order valence-electron chi connectivity index (χ3n) is 7.68. The largest absolute Gasteiger partial charge is 0.461 e. The van der Waals surface area contributed by atoms with Gasteiger partial charge in [-0.25, -0.2) is 4.39 Å². The summed E-state index contributed by atoms with van der Waals surface area (Å²) in [6, 6.07) is 10.4. The van der Waals surface area contributed by atoms with E-state index in [4.69, 9.17) is 10.5 Å². The smallest absolute Gasteiger partial charge is 0.326 e. The number of esters is 1. The van der Waals surface area contributed by atoms with Crippen LogP contribution in [0.1, 0.15) is 44.7 Å². The van der Waals surface area contributed by atoms with Crippen LogP contribution in [-0.4, -0.2) is 22.6 Å². The predicted octanol–water partition coefficient (Wildman–Crippen LogP) is 4.99. The van der Waals surface area contributed by atoms with Gasteiger partial charge in [-0.1, -0.05) is 43.5 Å². The van der Waals surface area contributed by atoms with E-state index in [0.717, 1.165) is 29.7 Å². The molecule has 3 aliphatic rings. The van der Waals surface area contributed by atoms with Crippen LogP contribution in [0.4, 0.5) is 4.39 Å². The number of nitrogens with zero attached hydrogens (tertiary/aromatic N) is 1. The molecule has 6 unspecified atom stereocenters. The van der Waals surface area contributed by atoms with Crippen LogP contribution in [0.5, 0.6) is 0 Å². The number of fused-ring (bicyclic) bond motifs is 2. The maximum atomic E-state index is 13.5.